The van der Waals surface area contributed by atoms with E-state index in [0.29, 0.717) is 24.3 Å². The van der Waals surface area contributed by atoms with E-state index in [1.165, 1.54) is 4.90 Å². The third-order valence-electron chi connectivity index (χ3n) is 4.47. The smallest absolute Gasteiger partial charge is 0.132 e. The molecule has 0 aliphatic carbocycles. The Bertz CT molecular complexity index is 696. The van der Waals surface area contributed by atoms with Gasteiger partial charge in [0.1, 0.15) is 18.1 Å². The average molecular weight is 390 g/mol. The number of aryl methyl sites for hydroxylation is 1. The molecule has 0 aromatic heterocycles. The van der Waals surface area contributed by atoms with E-state index >= 15 is 0 Å². The maximum absolute atomic E-state index is 10.3. The Balaban J connectivity index is 1.44. The Morgan fingerprint density at radius 3 is 2.96 bits per heavy atom. The molecule has 0 bridgehead atoms. The van der Waals surface area contributed by atoms with Crippen molar-refractivity contribution in [2.45, 2.75) is 36.1 Å². The Hall–Kier alpha value is -1.30. The van der Waals surface area contributed by atoms with Crippen LogP contribution >= 0.6 is 23.5 Å². The molecule has 1 heterocycles. The van der Waals surface area contributed by atoms with Gasteiger partial charge in [-0.15, -0.1) is 23.5 Å². The van der Waals surface area contributed by atoms with E-state index in [9.17, 15) is 5.11 Å². The summed E-state index contributed by atoms with van der Waals surface area (Å²) in [4.78, 5) is 2.21. The van der Waals surface area contributed by atoms with Crippen molar-refractivity contribution in [3.63, 3.8) is 0 Å². The fraction of sp³-hybridized carbons (Fsp3) is 0.429. The molecule has 1 aliphatic rings. The van der Waals surface area contributed by atoms with Crippen molar-refractivity contribution >= 4 is 23.5 Å². The molecular weight excluding hydrogens is 362 g/mol. The molecule has 140 valence electrons. The van der Waals surface area contributed by atoms with E-state index in [1.54, 1.807) is 11.8 Å². The fourth-order valence-corrected chi connectivity index (χ4v) is 4.93. The van der Waals surface area contributed by atoms with E-state index in [4.69, 9.17) is 4.74 Å². The molecule has 0 spiro atoms. The number of aromatic hydroxyl groups is 1. The minimum absolute atomic E-state index is 0.358. The maximum atomic E-state index is 10.3. The zero-order chi connectivity index (χ0) is 18.4. The highest BCUT2D eigenvalue weighted by Crippen LogP contribution is 2.33. The van der Waals surface area contributed by atoms with Crippen molar-refractivity contribution in [3.8, 4) is 11.5 Å². The lowest BCUT2D eigenvalue weighted by Gasteiger charge is -2.19. The fourth-order valence-electron chi connectivity index (χ4n) is 2.86. The molecule has 2 aromatic carbocycles. The number of hydrogen-bond acceptors (Lipinski definition) is 5. The first-order valence-electron chi connectivity index (χ1n) is 9.19. The minimum Gasteiger partial charge on any atom is -0.506 e. The highest BCUT2D eigenvalue weighted by molar-refractivity contribution is 7.99. The summed E-state index contributed by atoms with van der Waals surface area (Å²) in [5.74, 6) is 3.97. The second-order valence-electron chi connectivity index (χ2n) is 6.71. The van der Waals surface area contributed by atoms with Crippen LogP contribution in [0, 0.1) is 5.92 Å². The topological polar surface area (TPSA) is 41.5 Å². The molecule has 2 unspecified atom stereocenters. The van der Waals surface area contributed by atoms with Gasteiger partial charge < -0.3 is 15.2 Å². The van der Waals surface area contributed by atoms with Crippen LogP contribution in [0.5, 0.6) is 11.5 Å². The van der Waals surface area contributed by atoms with Gasteiger partial charge in [-0.05, 0) is 42.6 Å². The number of thioether (sulfide) groups is 2. The predicted molar refractivity (Wildman–Crippen MR) is 112 cm³/mol. The number of para-hydroxylation sites is 2. The van der Waals surface area contributed by atoms with Gasteiger partial charge in [-0.3, -0.25) is 0 Å². The minimum atomic E-state index is 0.358. The predicted octanol–water partition coefficient (Wildman–Crippen LogP) is 4.83. The van der Waals surface area contributed by atoms with Crippen LogP contribution in [-0.4, -0.2) is 35.8 Å². The molecule has 1 aliphatic heterocycles. The van der Waals surface area contributed by atoms with E-state index in [-0.39, 0.29) is 0 Å². The van der Waals surface area contributed by atoms with Crippen LogP contribution in [0.4, 0.5) is 0 Å². The van der Waals surface area contributed by atoms with Crippen LogP contribution in [-0.2, 0) is 6.42 Å². The van der Waals surface area contributed by atoms with Gasteiger partial charge in [-0.2, -0.15) is 0 Å². The summed E-state index contributed by atoms with van der Waals surface area (Å²) >= 11 is 3.60. The SMILES string of the molecule is CCc1cccc(SCC(C)CNC2COc3ccccc3SC2)c1O. The molecule has 26 heavy (non-hydrogen) atoms. The third kappa shape index (κ3) is 5.12. The van der Waals surface area contributed by atoms with Gasteiger partial charge in [0.2, 0.25) is 0 Å². The molecule has 2 aromatic rings. The average Bonchev–Trinajstić information content (AvgIpc) is 2.88. The number of phenols is 1. The summed E-state index contributed by atoms with van der Waals surface area (Å²) in [6, 6.07) is 14.6. The van der Waals surface area contributed by atoms with Gasteiger partial charge in [-0.1, -0.05) is 38.1 Å². The van der Waals surface area contributed by atoms with Crippen molar-refractivity contribution in [1.82, 2.24) is 5.32 Å². The zero-order valence-corrected chi connectivity index (χ0v) is 17.0. The Morgan fingerprint density at radius 2 is 2.12 bits per heavy atom. The maximum Gasteiger partial charge on any atom is 0.132 e. The zero-order valence-electron chi connectivity index (χ0n) is 15.4. The molecule has 3 nitrogen and oxygen atoms in total. The third-order valence-corrected chi connectivity index (χ3v) is 7.06. The monoisotopic (exact) mass is 389 g/mol. The summed E-state index contributed by atoms with van der Waals surface area (Å²) < 4.78 is 5.94. The summed E-state index contributed by atoms with van der Waals surface area (Å²) in [6.45, 7) is 5.98. The van der Waals surface area contributed by atoms with Crippen LogP contribution in [0.25, 0.3) is 0 Å². The van der Waals surface area contributed by atoms with Gasteiger partial charge in [0.05, 0.1) is 6.04 Å². The van der Waals surface area contributed by atoms with Gasteiger partial charge >= 0.3 is 0 Å². The number of fused-ring (bicyclic) bond motifs is 1. The van der Waals surface area contributed by atoms with E-state index < -0.39 is 0 Å². The molecule has 5 heteroatoms. The first kappa shape index (κ1) is 19.5. The van der Waals surface area contributed by atoms with Gasteiger partial charge in [0.15, 0.2) is 0 Å². The lowest BCUT2D eigenvalue weighted by atomic mass is 10.1. The number of hydrogen-bond donors (Lipinski definition) is 2. The van der Waals surface area contributed by atoms with Crippen LogP contribution < -0.4 is 10.1 Å². The lowest BCUT2D eigenvalue weighted by Crippen LogP contribution is -2.39. The van der Waals surface area contributed by atoms with Gasteiger partial charge in [0, 0.05) is 21.3 Å². The Labute approximate surface area is 164 Å². The van der Waals surface area contributed by atoms with Gasteiger partial charge in [-0.25, -0.2) is 0 Å². The van der Waals surface area contributed by atoms with Crippen molar-refractivity contribution in [2.24, 2.45) is 5.92 Å². The Morgan fingerprint density at radius 1 is 1.27 bits per heavy atom. The standard InChI is InChI=1S/C21H27NO2S2/c1-3-16-7-6-10-20(21(16)23)25-13-15(2)11-22-17-12-24-18-8-4-5-9-19(18)26-14-17/h4-10,15,17,22-23H,3,11-14H2,1-2H3. The quantitative estimate of drug-likeness (QED) is 0.664. The molecule has 0 amide bonds. The largest absolute Gasteiger partial charge is 0.506 e. The van der Waals surface area contributed by atoms with Crippen LogP contribution in [0.2, 0.25) is 0 Å². The molecule has 0 fully saturated rings. The molecule has 0 saturated carbocycles. The van der Waals surface area contributed by atoms with Crippen molar-refractivity contribution in [2.75, 3.05) is 24.7 Å². The van der Waals surface area contributed by atoms with Crippen LogP contribution in [0.3, 0.4) is 0 Å². The number of benzene rings is 2. The van der Waals surface area contributed by atoms with Crippen molar-refractivity contribution < 1.29 is 9.84 Å². The molecular formula is C21H27NO2S2. The summed E-state index contributed by atoms with van der Waals surface area (Å²) in [5, 5.41) is 13.9. The Kier molecular flexibility index (Phi) is 7.17. The van der Waals surface area contributed by atoms with E-state index in [0.717, 1.165) is 40.7 Å². The summed E-state index contributed by atoms with van der Waals surface area (Å²) in [5.41, 5.74) is 1.02. The van der Waals surface area contributed by atoms with E-state index in [1.807, 2.05) is 42.1 Å². The van der Waals surface area contributed by atoms with Crippen LogP contribution in [0.15, 0.2) is 52.3 Å². The van der Waals surface area contributed by atoms with Gasteiger partial charge in [0.25, 0.3) is 0 Å². The second kappa shape index (κ2) is 9.58. The van der Waals surface area contributed by atoms with Crippen LogP contribution in [0.1, 0.15) is 19.4 Å². The second-order valence-corrected chi connectivity index (χ2v) is 8.83. The van der Waals surface area contributed by atoms with E-state index in [2.05, 4.69) is 31.3 Å². The van der Waals surface area contributed by atoms with Crippen molar-refractivity contribution in [3.05, 3.63) is 48.0 Å². The highest BCUT2D eigenvalue weighted by Gasteiger charge is 2.18. The number of phenolic OH excluding ortho intramolecular Hbond substituents is 1. The summed E-state index contributed by atoms with van der Waals surface area (Å²) in [6.07, 6.45) is 0.860. The molecule has 0 saturated heterocycles. The molecule has 2 N–H and O–H groups in total. The molecule has 0 radical (unpaired) electrons. The number of ether oxygens (including phenoxy) is 1. The normalized spacial score (nSPS) is 17.8. The van der Waals surface area contributed by atoms with Crippen molar-refractivity contribution in [1.29, 1.82) is 0 Å². The number of rotatable bonds is 7. The highest BCUT2D eigenvalue weighted by atomic mass is 32.2. The molecule has 3 rings (SSSR count). The molecule has 2 atom stereocenters. The lowest BCUT2D eigenvalue weighted by molar-refractivity contribution is 0.270. The first-order chi connectivity index (χ1) is 12.7. The number of nitrogens with one attached hydrogen (secondary N) is 1. The first-order valence-corrected chi connectivity index (χ1v) is 11.2. The summed E-state index contributed by atoms with van der Waals surface area (Å²) in [7, 11) is 0.